The van der Waals surface area contributed by atoms with Gasteiger partial charge in [0.05, 0.1) is 0 Å². The van der Waals surface area contributed by atoms with E-state index in [9.17, 15) is 0 Å². The topological polar surface area (TPSA) is 12.0 Å². The van der Waals surface area contributed by atoms with Crippen LogP contribution in [0.15, 0.2) is 24.3 Å². The quantitative estimate of drug-likeness (QED) is 0.809. The Kier molecular flexibility index (Phi) is 4.85. The fraction of sp³-hybridized carbons (Fsp3) is 0.500. The van der Waals surface area contributed by atoms with Crippen molar-refractivity contribution in [3.05, 3.63) is 40.4 Å². The normalized spacial score (nSPS) is 17.4. The molecule has 98 valence electrons. The number of rotatable bonds is 4. The smallest absolute Gasteiger partial charge is 0.0459 e. The van der Waals surface area contributed by atoms with Crippen LogP contribution in [0.3, 0.4) is 0 Å². The van der Waals surface area contributed by atoms with E-state index in [1.807, 2.05) is 0 Å². The molecule has 0 aromatic heterocycles. The van der Waals surface area contributed by atoms with E-state index in [2.05, 4.69) is 43.4 Å². The highest BCUT2D eigenvalue weighted by atomic mass is 35.5. The van der Waals surface area contributed by atoms with Crippen molar-refractivity contribution in [1.29, 1.82) is 0 Å². The lowest BCUT2D eigenvalue weighted by molar-refractivity contribution is 0.598. The molecule has 0 fully saturated rings. The Morgan fingerprint density at radius 2 is 2.17 bits per heavy atom. The molecule has 0 radical (unpaired) electrons. The summed E-state index contributed by atoms with van der Waals surface area (Å²) in [6.45, 7) is 5.24. The highest BCUT2D eigenvalue weighted by molar-refractivity contribution is 6.31. The van der Waals surface area contributed by atoms with Crippen LogP contribution in [0.4, 0.5) is 0 Å². The van der Waals surface area contributed by atoms with E-state index >= 15 is 0 Å². The molecule has 0 spiro atoms. The van der Waals surface area contributed by atoms with Gasteiger partial charge in [0, 0.05) is 11.1 Å². The Morgan fingerprint density at radius 1 is 1.33 bits per heavy atom. The maximum absolute atomic E-state index is 6.41. The van der Waals surface area contributed by atoms with Gasteiger partial charge in [-0.1, -0.05) is 36.7 Å². The molecule has 0 bridgehead atoms. The van der Waals surface area contributed by atoms with Crippen molar-refractivity contribution >= 4 is 17.2 Å². The summed E-state index contributed by atoms with van der Waals surface area (Å²) in [4.78, 5) is 0. The van der Waals surface area contributed by atoms with Gasteiger partial charge in [0.1, 0.15) is 0 Å². The molecule has 1 aliphatic rings. The van der Waals surface area contributed by atoms with Crippen LogP contribution in [0.25, 0.3) is 5.57 Å². The van der Waals surface area contributed by atoms with Crippen LogP contribution in [0.1, 0.15) is 56.7 Å². The van der Waals surface area contributed by atoms with Gasteiger partial charge in [0.25, 0.3) is 0 Å². The summed E-state index contributed by atoms with van der Waals surface area (Å²) in [6.07, 6.45) is 7.40. The lowest BCUT2D eigenvalue weighted by Crippen LogP contribution is -2.18. The Labute approximate surface area is 115 Å². The van der Waals surface area contributed by atoms with Gasteiger partial charge >= 0.3 is 0 Å². The van der Waals surface area contributed by atoms with Gasteiger partial charge in [0.15, 0.2) is 0 Å². The zero-order valence-electron chi connectivity index (χ0n) is 11.3. The average molecular weight is 264 g/mol. The molecule has 2 heteroatoms. The molecule has 0 aliphatic heterocycles. The first-order valence-corrected chi connectivity index (χ1v) is 7.32. The average Bonchev–Trinajstić information content (AvgIpc) is 2.40. The predicted molar refractivity (Wildman–Crippen MR) is 80.0 cm³/mol. The number of hydrogen-bond donors (Lipinski definition) is 1. The molecule has 18 heavy (non-hydrogen) atoms. The van der Waals surface area contributed by atoms with E-state index in [4.69, 9.17) is 11.6 Å². The minimum atomic E-state index is 0.317. The SMILES string of the molecule is CCNC(C)c1ccc(C2=CCCCC2)cc1Cl. The minimum Gasteiger partial charge on any atom is -0.310 e. The first kappa shape index (κ1) is 13.6. The monoisotopic (exact) mass is 263 g/mol. The molecule has 1 unspecified atom stereocenters. The summed E-state index contributed by atoms with van der Waals surface area (Å²) < 4.78 is 0. The zero-order chi connectivity index (χ0) is 13.0. The highest BCUT2D eigenvalue weighted by Crippen LogP contribution is 2.31. The van der Waals surface area contributed by atoms with Gasteiger partial charge in [0.2, 0.25) is 0 Å². The lowest BCUT2D eigenvalue weighted by atomic mass is 9.92. The number of hydrogen-bond acceptors (Lipinski definition) is 1. The van der Waals surface area contributed by atoms with Crippen LogP contribution in [-0.4, -0.2) is 6.54 Å². The van der Waals surface area contributed by atoms with E-state index in [0.29, 0.717) is 6.04 Å². The van der Waals surface area contributed by atoms with Crippen LogP contribution in [0, 0.1) is 0 Å². The summed E-state index contributed by atoms with van der Waals surface area (Å²) >= 11 is 6.41. The van der Waals surface area contributed by atoms with E-state index in [0.717, 1.165) is 11.6 Å². The number of allylic oxidation sites excluding steroid dienone is 2. The van der Waals surface area contributed by atoms with Crippen molar-refractivity contribution in [3.8, 4) is 0 Å². The summed E-state index contributed by atoms with van der Waals surface area (Å²) in [5.41, 5.74) is 3.96. The summed E-state index contributed by atoms with van der Waals surface area (Å²) in [5, 5.41) is 4.28. The highest BCUT2D eigenvalue weighted by Gasteiger charge is 2.11. The first-order chi connectivity index (χ1) is 8.72. The maximum Gasteiger partial charge on any atom is 0.0459 e. The molecule has 0 heterocycles. The van der Waals surface area contributed by atoms with Gasteiger partial charge < -0.3 is 5.32 Å². The van der Waals surface area contributed by atoms with Gasteiger partial charge in [-0.25, -0.2) is 0 Å². The summed E-state index contributed by atoms with van der Waals surface area (Å²) in [5.74, 6) is 0. The van der Waals surface area contributed by atoms with Crippen LogP contribution in [-0.2, 0) is 0 Å². The Balaban J connectivity index is 2.21. The third kappa shape index (κ3) is 3.15. The molecular weight excluding hydrogens is 242 g/mol. The largest absolute Gasteiger partial charge is 0.310 e. The van der Waals surface area contributed by atoms with E-state index in [1.165, 1.54) is 42.4 Å². The lowest BCUT2D eigenvalue weighted by Gasteiger charge is -2.17. The van der Waals surface area contributed by atoms with Gasteiger partial charge in [-0.3, -0.25) is 0 Å². The van der Waals surface area contributed by atoms with Crippen molar-refractivity contribution in [3.63, 3.8) is 0 Å². The maximum atomic E-state index is 6.41. The summed E-state index contributed by atoms with van der Waals surface area (Å²) in [6, 6.07) is 6.83. The van der Waals surface area contributed by atoms with E-state index < -0.39 is 0 Å². The Morgan fingerprint density at radius 3 is 2.78 bits per heavy atom. The number of halogens is 1. The fourth-order valence-corrected chi connectivity index (χ4v) is 2.94. The van der Waals surface area contributed by atoms with E-state index in [1.54, 1.807) is 0 Å². The van der Waals surface area contributed by atoms with Crippen molar-refractivity contribution in [2.75, 3.05) is 6.54 Å². The molecule has 1 aliphatic carbocycles. The van der Waals surface area contributed by atoms with Crippen LogP contribution >= 0.6 is 11.6 Å². The molecule has 1 N–H and O–H groups in total. The second-order valence-electron chi connectivity index (χ2n) is 4.99. The molecular formula is C16H22ClN. The fourth-order valence-electron chi connectivity index (χ4n) is 2.59. The molecule has 0 saturated carbocycles. The molecule has 1 aromatic rings. The molecule has 2 rings (SSSR count). The summed E-state index contributed by atoms with van der Waals surface area (Å²) in [7, 11) is 0. The van der Waals surface area contributed by atoms with Gasteiger partial charge in [-0.15, -0.1) is 0 Å². The predicted octanol–water partition coefficient (Wildman–Crippen LogP) is 4.97. The molecule has 1 atom stereocenters. The van der Waals surface area contributed by atoms with Crippen molar-refractivity contribution in [1.82, 2.24) is 5.32 Å². The second-order valence-corrected chi connectivity index (χ2v) is 5.40. The van der Waals surface area contributed by atoms with Crippen molar-refractivity contribution in [2.24, 2.45) is 0 Å². The van der Waals surface area contributed by atoms with Crippen LogP contribution < -0.4 is 5.32 Å². The molecule has 0 saturated heterocycles. The number of nitrogens with one attached hydrogen (secondary N) is 1. The Bertz CT molecular complexity index is 437. The van der Waals surface area contributed by atoms with Gasteiger partial charge in [-0.2, -0.15) is 0 Å². The third-order valence-electron chi connectivity index (χ3n) is 3.64. The molecule has 0 amide bonds. The van der Waals surface area contributed by atoms with Crippen LogP contribution in [0.5, 0.6) is 0 Å². The van der Waals surface area contributed by atoms with Crippen molar-refractivity contribution < 1.29 is 0 Å². The van der Waals surface area contributed by atoms with Crippen LogP contribution in [0.2, 0.25) is 5.02 Å². The first-order valence-electron chi connectivity index (χ1n) is 6.94. The Hall–Kier alpha value is -0.790. The third-order valence-corrected chi connectivity index (χ3v) is 3.97. The van der Waals surface area contributed by atoms with Crippen molar-refractivity contribution in [2.45, 2.75) is 45.6 Å². The van der Waals surface area contributed by atoms with Gasteiger partial charge in [-0.05, 0) is 61.9 Å². The molecule has 1 aromatic carbocycles. The number of benzene rings is 1. The second kappa shape index (κ2) is 6.40. The zero-order valence-corrected chi connectivity index (χ0v) is 12.1. The minimum absolute atomic E-state index is 0.317. The standard InChI is InChI=1S/C16H22ClN/c1-3-18-12(2)15-10-9-14(11-16(15)17)13-7-5-4-6-8-13/h7,9-12,18H,3-6,8H2,1-2H3. The van der Waals surface area contributed by atoms with E-state index in [-0.39, 0.29) is 0 Å². The molecule has 1 nitrogen and oxygen atoms in total.